The maximum absolute atomic E-state index is 10.5. The highest BCUT2D eigenvalue weighted by molar-refractivity contribution is 7.85. The highest BCUT2D eigenvalue weighted by Crippen LogP contribution is 2.24. The molecule has 0 saturated carbocycles. The summed E-state index contributed by atoms with van der Waals surface area (Å²) in [4.78, 5) is 11.2. The summed E-state index contributed by atoms with van der Waals surface area (Å²) < 4.78 is 35.5. The molecule has 1 N–H and O–H groups in total. The van der Waals surface area contributed by atoms with Gasteiger partial charge < -0.3 is 9.64 Å². The van der Waals surface area contributed by atoms with Crippen LogP contribution in [0.2, 0.25) is 0 Å². The molecule has 4 rings (SSSR count). The van der Waals surface area contributed by atoms with Crippen LogP contribution in [-0.4, -0.2) is 43.5 Å². The van der Waals surface area contributed by atoms with Crippen molar-refractivity contribution in [1.29, 1.82) is 0 Å². The summed E-state index contributed by atoms with van der Waals surface area (Å²) in [7, 11) is -0.142. The van der Waals surface area contributed by atoms with E-state index in [1.54, 1.807) is 0 Å². The molecule has 0 fully saturated rings. The third-order valence-corrected chi connectivity index (χ3v) is 6.16. The summed E-state index contributed by atoms with van der Waals surface area (Å²) in [5.41, 5.74) is 2.40. The van der Waals surface area contributed by atoms with Gasteiger partial charge in [0.25, 0.3) is 15.8 Å². The van der Waals surface area contributed by atoms with E-state index in [2.05, 4.69) is 55.4 Å². The van der Waals surface area contributed by atoms with Crippen LogP contribution in [0.3, 0.4) is 0 Å². The molecule has 0 aliphatic carbocycles. The second-order valence-electron chi connectivity index (χ2n) is 8.30. The van der Waals surface area contributed by atoms with Crippen LogP contribution in [0.5, 0.6) is 5.75 Å². The first-order chi connectivity index (χ1) is 17.1. The van der Waals surface area contributed by atoms with Crippen molar-refractivity contribution in [2.75, 3.05) is 20.7 Å². The molecule has 0 aliphatic heterocycles. The van der Waals surface area contributed by atoms with Crippen molar-refractivity contribution < 1.29 is 22.6 Å². The third kappa shape index (κ3) is 7.61. The quantitative estimate of drug-likeness (QED) is 0.194. The lowest BCUT2D eigenvalue weighted by Gasteiger charge is -2.17. The van der Waals surface area contributed by atoms with Crippen molar-refractivity contribution in [3.05, 3.63) is 112 Å². The molecule has 4 aromatic carbocycles. The SMILES string of the molecule is CN(C)Cc1ccc2ccccc2c1CCOc1ccccc1.O=[N+]([O-])c1cccc(S(=O)(=O)O)c1. The van der Waals surface area contributed by atoms with Crippen molar-refractivity contribution in [1.82, 2.24) is 4.90 Å². The molecule has 0 bridgehead atoms. The summed E-state index contributed by atoms with van der Waals surface area (Å²) in [6.07, 6.45) is 0.916. The van der Waals surface area contributed by atoms with Gasteiger partial charge in [0.1, 0.15) is 10.6 Å². The first-order valence-electron chi connectivity index (χ1n) is 11.2. The fraction of sp³-hybridized carbons (Fsp3) is 0.185. The van der Waals surface area contributed by atoms with Crippen molar-refractivity contribution in [2.24, 2.45) is 0 Å². The zero-order chi connectivity index (χ0) is 26.1. The fourth-order valence-corrected chi connectivity index (χ4v) is 4.23. The highest BCUT2D eigenvalue weighted by Gasteiger charge is 2.14. The molecule has 0 amide bonds. The summed E-state index contributed by atoms with van der Waals surface area (Å²) in [6.45, 7) is 1.64. The number of rotatable bonds is 8. The van der Waals surface area contributed by atoms with Crippen LogP contribution < -0.4 is 4.74 Å². The second kappa shape index (κ2) is 12.3. The maximum Gasteiger partial charge on any atom is 0.294 e. The Morgan fingerprint density at radius 3 is 2.28 bits per heavy atom. The van der Waals surface area contributed by atoms with Crippen LogP contribution in [-0.2, 0) is 23.1 Å². The lowest BCUT2D eigenvalue weighted by Crippen LogP contribution is -2.13. The van der Waals surface area contributed by atoms with Crippen molar-refractivity contribution in [3.8, 4) is 5.75 Å². The van der Waals surface area contributed by atoms with Gasteiger partial charge in [0, 0.05) is 25.1 Å². The van der Waals surface area contributed by atoms with Crippen LogP contribution in [0.15, 0.2) is 95.9 Å². The number of nitro benzene ring substituents is 1. The molecule has 0 heterocycles. The molecule has 0 aromatic heterocycles. The van der Waals surface area contributed by atoms with E-state index in [4.69, 9.17) is 9.29 Å². The van der Waals surface area contributed by atoms with Gasteiger partial charge in [0.2, 0.25) is 0 Å². The first kappa shape index (κ1) is 26.8. The second-order valence-corrected chi connectivity index (χ2v) is 9.72. The minimum atomic E-state index is -4.36. The van der Waals surface area contributed by atoms with E-state index in [0.717, 1.165) is 36.9 Å². The topological polar surface area (TPSA) is 110 Å². The molecule has 8 nitrogen and oxygen atoms in total. The Kier molecular flexibility index (Phi) is 9.13. The van der Waals surface area contributed by atoms with E-state index >= 15 is 0 Å². The lowest BCUT2D eigenvalue weighted by atomic mass is 9.96. The van der Waals surface area contributed by atoms with Crippen molar-refractivity contribution in [3.63, 3.8) is 0 Å². The van der Waals surface area contributed by atoms with Gasteiger partial charge in [0.05, 0.1) is 11.5 Å². The number of benzene rings is 4. The standard InChI is InChI=1S/C21H23NO.C6H5NO5S/c1-22(2)16-18-13-12-17-8-6-7-11-20(17)21(18)14-15-23-19-9-4-3-5-10-19;8-7(9)5-2-1-3-6(4-5)13(10,11)12/h3-13H,14-16H2,1-2H3;1-4H,(H,10,11,12). The van der Waals surface area contributed by atoms with Crippen LogP contribution in [0, 0.1) is 10.1 Å². The van der Waals surface area contributed by atoms with Gasteiger partial charge in [-0.3, -0.25) is 14.7 Å². The predicted octanol–water partition coefficient (Wildman–Crippen LogP) is 5.36. The minimum Gasteiger partial charge on any atom is -0.493 e. The van der Waals surface area contributed by atoms with Gasteiger partial charge in [-0.25, -0.2) is 0 Å². The number of para-hydroxylation sites is 1. The minimum absolute atomic E-state index is 0.380. The first-order valence-corrected chi connectivity index (χ1v) is 12.6. The van der Waals surface area contributed by atoms with Crippen LogP contribution in [0.25, 0.3) is 10.8 Å². The van der Waals surface area contributed by atoms with E-state index in [1.807, 2.05) is 30.3 Å². The number of fused-ring (bicyclic) bond motifs is 1. The van der Waals surface area contributed by atoms with Crippen molar-refractivity contribution >= 4 is 26.6 Å². The number of hydrogen-bond donors (Lipinski definition) is 1. The number of ether oxygens (including phenoxy) is 1. The van der Waals surface area contributed by atoms with Crippen LogP contribution >= 0.6 is 0 Å². The van der Waals surface area contributed by atoms with Gasteiger partial charge in [0.15, 0.2) is 0 Å². The molecular formula is C27H28N2O6S. The Labute approximate surface area is 210 Å². The monoisotopic (exact) mass is 508 g/mol. The molecule has 0 spiro atoms. The smallest absolute Gasteiger partial charge is 0.294 e. The third-order valence-electron chi connectivity index (χ3n) is 5.31. The van der Waals surface area contributed by atoms with Gasteiger partial charge in [-0.15, -0.1) is 0 Å². The molecule has 0 radical (unpaired) electrons. The Bertz CT molecular complexity index is 1420. The molecular weight excluding hydrogens is 480 g/mol. The predicted molar refractivity (Wildman–Crippen MR) is 140 cm³/mol. The van der Waals surface area contributed by atoms with Gasteiger partial charge in [-0.1, -0.05) is 60.7 Å². The summed E-state index contributed by atoms with van der Waals surface area (Å²) in [5.74, 6) is 0.932. The maximum atomic E-state index is 10.5. The van der Waals surface area contributed by atoms with Gasteiger partial charge >= 0.3 is 0 Å². The van der Waals surface area contributed by atoms with E-state index in [9.17, 15) is 18.5 Å². The van der Waals surface area contributed by atoms with Gasteiger partial charge in [-0.05, 0) is 54.2 Å². The Morgan fingerprint density at radius 2 is 1.61 bits per heavy atom. The zero-order valence-electron chi connectivity index (χ0n) is 20.1. The van der Waals surface area contributed by atoms with E-state index in [0.29, 0.717) is 6.61 Å². The largest absolute Gasteiger partial charge is 0.493 e. The Balaban J connectivity index is 0.000000236. The van der Waals surface area contributed by atoms with Crippen molar-refractivity contribution in [2.45, 2.75) is 17.9 Å². The number of nitrogens with zero attached hydrogens (tertiary/aromatic N) is 2. The summed E-state index contributed by atoms with van der Waals surface area (Å²) in [6, 6.07) is 27.3. The molecule has 0 saturated heterocycles. The Morgan fingerprint density at radius 1 is 0.917 bits per heavy atom. The zero-order valence-corrected chi connectivity index (χ0v) is 20.9. The highest BCUT2D eigenvalue weighted by atomic mass is 32.2. The molecule has 0 unspecified atom stereocenters. The van der Waals surface area contributed by atoms with E-state index in [-0.39, 0.29) is 5.69 Å². The van der Waals surface area contributed by atoms with Gasteiger partial charge in [-0.2, -0.15) is 8.42 Å². The number of nitro groups is 1. The molecule has 0 atom stereocenters. The molecule has 4 aromatic rings. The average Bonchev–Trinajstić information content (AvgIpc) is 2.85. The summed E-state index contributed by atoms with van der Waals surface area (Å²) in [5, 5.41) is 12.8. The van der Waals surface area contributed by atoms with E-state index in [1.165, 1.54) is 28.0 Å². The van der Waals surface area contributed by atoms with Crippen LogP contribution in [0.4, 0.5) is 5.69 Å². The number of non-ortho nitro benzene ring substituents is 1. The number of hydrogen-bond acceptors (Lipinski definition) is 6. The fourth-order valence-electron chi connectivity index (χ4n) is 3.71. The molecule has 188 valence electrons. The van der Waals surface area contributed by atoms with Crippen LogP contribution in [0.1, 0.15) is 11.1 Å². The molecule has 9 heteroatoms. The molecule has 36 heavy (non-hydrogen) atoms. The normalized spacial score (nSPS) is 11.1. The summed E-state index contributed by atoms with van der Waals surface area (Å²) >= 11 is 0. The van der Waals surface area contributed by atoms with E-state index < -0.39 is 19.9 Å². The molecule has 0 aliphatic rings. The average molecular weight is 509 g/mol. The lowest BCUT2D eigenvalue weighted by molar-refractivity contribution is -0.385. The Hall–Kier alpha value is -3.79.